The summed E-state index contributed by atoms with van der Waals surface area (Å²) in [7, 11) is 1.86. The first-order valence-electron chi connectivity index (χ1n) is 14.6. The van der Waals surface area contributed by atoms with Crippen LogP contribution in [0, 0.1) is 57.7 Å². The number of rotatable bonds is 5. The van der Waals surface area contributed by atoms with Crippen molar-refractivity contribution >= 4 is 5.91 Å². The van der Waals surface area contributed by atoms with Gasteiger partial charge in [0.05, 0.1) is 11.6 Å². The maximum atomic E-state index is 13.1. The second-order valence-electron chi connectivity index (χ2n) is 13.4. The summed E-state index contributed by atoms with van der Waals surface area (Å²) < 4.78 is 5.55. The molecule has 0 radical (unpaired) electrons. The highest BCUT2D eigenvalue weighted by molar-refractivity contribution is 5.94. The molecule has 0 spiro atoms. The molecule has 4 saturated carbocycles. The van der Waals surface area contributed by atoms with E-state index < -0.39 is 0 Å². The van der Waals surface area contributed by atoms with Gasteiger partial charge in [-0.1, -0.05) is 20.3 Å². The normalized spacial score (nSPS) is 40.6. The largest absolute Gasteiger partial charge is 0.384 e. The van der Waals surface area contributed by atoms with E-state index in [9.17, 15) is 4.79 Å². The number of nitrogens with one attached hydrogen (secondary N) is 1. The van der Waals surface area contributed by atoms with Crippen LogP contribution in [0.5, 0.6) is 0 Å². The minimum atomic E-state index is -0.00680. The van der Waals surface area contributed by atoms with E-state index in [1.807, 2.05) is 7.11 Å². The predicted molar refractivity (Wildman–Crippen MR) is 143 cm³/mol. The number of nitriles is 1. The fraction of sp³-hybridized carbons (Fsp3) is 0.750. The topological polar surface area (TPSA) is 62.1 Å². The average Bonchev–Trinajstić information content (AvgIpc) is 2.87. The van der Waals surface area contributed by atoms with E-state index >= 15 is 0 Å². The third-order valence-corrected chi connectivity index (χ3v) is 11.6. The number of amides is 1. The van der Waals surface area contributed by atoms with Crippen molar-refractivity contribution in [3.8, 4) is 6.07 Å². The molecule has 1 aromatic carbocycles. The molecular formula is C32H46N2O2. The Morgan fingerprint density at radius 1 is 1.06 bits per heavy atom. The third kappa shape index (κ3) is 4.51. The van der Waals surface area contributed by atoms with Crippen LogP contribution in [-0.4, -0.2) is 25.7 Å². The van der Waals surface area contributed by atoms with Gasteiger partial charge in [0.1, 0.15) is 0 Å². The van der Waals surface area contributed by atoms with E-state index in [0.29, 0.717) is 27.9 Å². The van der Waals surface area contributed by atoms with Crippen molar-refractivity contribution < 1.29 is 9.53 Å². The number of benzene rings is 1. The number of fused-ring (bicyclic) bond motifs is 5. The summed E-state index contributed by atoms with van der Waals surface area (Å²) in [4.78, 5) is 13.1. The van der Waals surface area contributed by atoms with E-state index in [1.165, 1.54) is 64.2 Å². The Labute approximate surface area is 218 Å². The van der Waals surface area contributed by atoms with Gasteiger partial charge in [-0.3, -0.25) is 4.79 Å². The van der Waals surface area contributed by atoms with Gasteiger partial charge in [-0.25, -0.2) is 0 Å². The molecule has 36 heavy (non-hydrogen) atoms. The Bertz CT molecular complexity index is 983. The standard InChI is InChI=1S/C32H46N2O2/c1-21(34-30(35)24-11-8-22(19-33)9-12-24)27-6-5-7-29-26-14-16-31(2)18-23(20-36-4)10-13-28(31)25(26)15-17-32(27,29)3/h8-9,11-12,21,23,25-29H,5-7,10,13-18,20H2,1-4H3,(H,34,35)/t21-,23+,25?,26-,27-,28-,29?,31-,32-/m1/s1. The molecule has 4 aliphatic carbocycles. The monoisotopic (exact) mass is 490 g/mol. The first-order chi connectivity index (χ1) is 17.3. The summed E-state index contributed by atoms with van der Waals surface area (Å²) in [6.07, 6.45) is 13.5. The van der Waals surface area contributed by atoms with Gasteiger partial charge < -0.3 is 10.1 Å². The number of carbonyl (C=O) groups is 1. The SMILES string of the molecule is COC[C@H]1CC[C@@H]2C3CC[C@@]4(C)C(CCC[C@@H]4[C@@H](C)NC(=O)c4ccc(C#N)cc4)[C@@H]3CC[C@]2(C)C1. The van der Waals surface area contributed by atoms with Gasteiger partial charge in [-0.05, 0) is 135 Å². The van der Waals surface area contributed by atoms with Gasteiger partial charge in [0.15, 0.2) is 0 Å². The van der Waals surface area contributed by atoms with E-state index in [-0.39, 0.29) is 11.9 Å². The minimum absolute atomic E-state index is 0.00680. The molecule has 5 rings (SSSR count). The molecule has 1 aromatic rings. The molecule has 4 aliphatic rings. The van der Waals surface area contributed by atoms with Crippen molar-refractivity contribution in [2.45, 2.75) is 91.0 Å². The van der Waals surface area contributed by atoms with Crippen LogP contribution in [0.3, 0.4) is 0 Å². The third-order valence-electron chi connectivity index (χ3n) is 11.6. The van der Waals surface area contributed by atoms with Crippen molar-refractivity contribution in [2.24, 2.45) is 46.3 Å². The zero-order valence-electron chi connectivity index (χ0n) is 22.9. The molecule has 0 aliphatic heterocycles. The number of nitrogens with zero attached hydrogens (tertiary/aromatic N) is 1. The first-order valence-corrected chi connectivity index (χ1v) is 14.6. The van der Waals surface area contributed by atoms with Crippen molar-refractivity contribution in [1.29, 1.82) is 5.26 Å². The van der Waals surface area contributed by atoms with Gasteiger partial charge in [-0.2, -0.15) is 5.26 Å². The highest BCUT2D eigenvalue weighted by Gasteiger charge is 2.58. The minimum Gasteiger partial charge on any atom is -0.384 e. The zero-order valence-corrected chi connectivity index (χ0v) is 22.9. The summed E-state index contributed by atoms with van der Waals surface area (Å²) in [5, 5.41) is 12.4. The Hall–Kier alpha value is -1.86. The number of hydrogen-bond donors (Lipinski definition) is 1. The molecule has 2 unspecified atom stereocenters. The van der Waals surface area contributed by atoms with Crippen LogP contribution in [0.4, 0.5) is 0 Å². The Kier molecular flexibility index (Phi) is 7.25. The predicted octanol–water partition coefficient (Wildman–Crippen LogP) is 6.99. The van der Waals surface area contributed by atoms with Crippen LogP contribution >= 0.6 is 0 Å². The second-order valence-corrected chi connectivity index (χ2v) is 13.4. The van der Waals surface area contributed by atoms with Crippen molar-refractivity contribution in [3.05, 3.63) is 35.4 Å². The fourth-order valence-electron chi connectivity index (χ4n) is 9.95. The van der Waals surface area contributed by atoms with Crippen molar-refractivity contribution in [2.75, 3.05) is 13.7 Å². The highest BCUT2D eigenvalue weighted by Crippen LogP contribution is 2.66. The van der Waals surface area contributed by atoms with Crippen LogP contribution in [0.1, 0.15) is 101 Å². The number of methoxy groups -OCH3 is 1. The number of ether oxygens (including phenoxy) is 1. The van der Waals surface area contributed by atoms with E-state index in [0.717, 1.165) is 36.2 Å². The fourth-order valence-corrected chi connectivity index (χ4v) is 9.95. The summed E-state index contributed by atoms with van der Waals surface area (Å²) in [5.74, 6) is 4.73. The molecule has 0 bridgehead atoms. The average molecular weight is 491 g/mol. The quantitative estimate of drug-likeness (QED) is 0.484. The lowest BCUT2D eigenvalue weighted by Crippen LogP contribution is -2.57. The van der Waals surface area contributed by atoms with Gasteiger partial charge in [0.2, 0.25) is 0 Å². The van der Waals surface area contributed by atoms with Crippen LogP contribution in [0.2, 0.25) is 0 Å². The van der Waals surface area contributed by atoms with Crippen molar-refractivity contribution in [1.82, 2.24) is 5.32 Å². The van der Waals surface area contributed by atoms with Crippen molar-refractivity contribution in [3.63, 3.8) is 0 Å². The summed E-state index contributed by atoms with van der Waals surface area (Å²) in [6, 6.07) is 9.32. The zero-order chi connectivity index (χ0) is 25.5. The molecule has 4 nitrogen and oxygen atoms in total. The summed E-state index contributed by atoms with van der Waals surface area (Å²) >= 11 is 0. The van der Waals surface area contributed by atoms with Crippen LogP contribution in [-0.2, 0) is 4.74 Å². The Balaban J connectivity index is 1.29. The number of hydrogen-bond acceptors (Lipinski definition) is 3. The van der Waals surface area contributed by atoms with E-state index in [4.69, 9.17) is 10.00 Å². The molecule has 1 N–H and O–H groups in total. The lowest BCUT2D eigenvalue weighted by atomic mass is 9.42. The van der Waals surface area contributed by atoms with Gasteiger partial charge in [0.25, 0.3) is 5.91 Å². The molecular weight excluding hydrogens is 444 g/mol. The van der Waals surface area contributed by atoms with E-state index in [1.54, 1.807) is 24.3 Å². The molecule has 0 saturated heterocycles. The van der Waals surface area contributed by atoms with E-state index in [2.05, 4.69) is 32.2 Å². The molecule has 4 fully saturated rings. The molecule has 4 heteroatoms. The lowest BCUT2D eigenvalue weighted by Gasteiger charge is -2.63. The smallest absolute Gasteiger partial charge is 0.251 e. The van der Waals surface area contributed by atoms with Gasteiger partial charge >= 0.3 is 0 Å². The summed E-state index contributed by atoms with van der Waals surface area (Å²) in [5.41, 5.74) is 2.07. The molecule has 1 amide bonds. The van der Waals surface area contributed by atoms with Crippen LogP contribution < -0.4 is 5.32 Å². The molecule has 9 atom stereocenters. The Morgan fingerprint density at radius 2 is 1.78 bits per heavy atom. The molecule has 0 heterocycles. The lowest BCUT2D eigenvalue weighted by molar-refractivity contribution is -0.139. The van der Waals surface area contributed by atoms with Gasteiger partial charge in [0, 0.05) is 25.3 Å². The van der Waals surface area contributed by atoms with Gasteiger partial charge in [-0.15, -0.1) is 0 Å². The Morgan fingerprint density at radius 3 is 2.50 bits per heavy atom. The maximum Gasteiger partial charge on any atom is 0.251 e. The first kappa shape index (κ1) is 25.8. The summed E-state index contributed by atoms with van der Waals surface area (Å²) in [6.45, 7) is 8.35. The highest BCUT2D eigenvalue weighted by atomic mass is 16.5. The van der Waals surface area contributed by atoms with Crippen LogP contribution in [0.15, 0.2) is 24.3 Å². The second kappa shape index (κ2) is 10.1. The molecule has 196 valence electrons. The number of carbonyl (C=O) groups excluding carboxylic acids is 1. The molecule has 0 aromatic heterocycles. The maximum absolute atomic E-state index is 13.1. The van der Waals surface area contributed by atoms with Crippen LogP contribution in [0.25, 0.3) is 0 Å².